The summed E-state index contributed by atoms with van der Waals surface area (Å²) in [6.45, 7) is 2.88. The summed E-state index contributed by atoms with van der Waals surface area (Å²) < 4.78 is 5.93. The normalized spacial score (nSPS) is 26.0. The second-order valence-corrected chi connectivity index (χ2v) is 8.02. The van der Waals surface area contributed by atoms with E-state index in [9.17, 15) is 14.7 Å². The largest absolute Gasteiger partial charge is 0.478 e. The molecule has 0 radical (unpaired) electrons. The Morgan fingerprint density at radius 1 is 1.20 bits per heavy atom. The molecule has 25 heavy (non-hydrogen) atoms. The molecule has 1 spiro atoms. The number of carbonyl (C=O) groups is 2. The third-order valence-electron chi connectivity index (χ3n) is 6.41. The van der Waals surface area contributed by atoms with E-state index in [1.807, 2.05) is 30.0 Å². The van der Waals surface area contributed by atoms with Gasteiger partial charge in [0.15, 0.2) is 0 Å². The maximum atomic E-state index is 12.7. The van der Waals surface area contributed by atoms with Crippen molar-refractivity contribution in [3.63, 3.8) is 0 Å². The van der Waals surface area contributed by atoms with Crippen molar-refractivity contribution in [2.75, 3.05) is 13.1 Å². The van der Waals surface area contributed by atoms with Crippen LogP contribution in [0.2, 0.25) is 0 Å². The van der Waals surface area contributed by atoms with Gasteiger partial charge in [-0.1, -0.05) is 18.6 Å². The van der Waals surface area contributed by atoms with Gasteiger partial charge in [-0.05, 0) is 49.3 Å². The van der Waals surface area contributed by atoms with Gasteiger partial charge in [0.25, 0.3) is 0 Å². The fourth-order valence-corrected chi connectivity index (χ4v) is 4.45. The predicted octanol–water partition coefficient (Wildman–Crippen LogP) is 3.01. The minimum Gasteiger partial charge on any atom is -0.478 e. The first-order valence-corrected chi connectivity index (χ1v) is 9.22. The van der Waals surface area contributed by atoms with Gasteiger partial charge in [0, 0.05) is 31.8 Å². The molecule has 5 heteroatoms. The Hall–Kier alpha value is -2.04. The highest BCUT2D eigenvalue weighted by Crippen LogP contribution is 2.66. The van der Waals surface area contributed by atoms with E-state index < -0.39 is 11.6 Å². The van der Waals surface area contributed by atoms with E-state index in [1.54, 1.807) is 6.07 Å². The molecule has 1 aromatic carbocycles. The van der Waals surface area contributed by atoms with Crippen LogP contribution in [0.5, 0.6) is 5.75 Å². The number of likely N-dealkylation sites (tertiary alicyclic amines) is 1. The minimum atomic E-state index is -1.23. The second-order valence-electron chi connectivity index (χ2n) is 8.02. The molecule has 3 fully saturated rings. The van der Waals surface area contributed by atoms with E-state index in [1.165, 1.54) is 19.3 Å². The monoisotopic (exact) mass is 343 g/mol. The van der Waals surface area contributed by atoms with E-state index in [2.05, 4.69) is 0 Å². The molecule has 1 amide bonds. The lowest BCUT2D eigenvalue weighted by atomic mass is 9.79. The van der Waals surface area contributed by atoms with Gasteiger partial charge >= 0.3 is 5.97 Å². The summed E-state index contributed by atoms with van der Waals surface area (Å²) >= 11 is 0. The van der Waals surface area contributed by atoms with Crippen molar-refractivity contribution in [2.45, 2.75) is 51.0 Å². The summed E-state index contributed by atoms with van der Waals surface area (Å²) in [5.74, 6) is 0.0614. The topological polar surface area (TPSA) is 66.8 Å². The number of ether oxygens (including phenoxy) is 1. The number of carboxylic acid groups (broad SMARTS) is 1. The Balaban J connectivity index is 1.42. The van der Waals surface area contributed by atoms with Crippen molar-refractivity contribution < 1.29 is 19.4 Å². The number of benzene rings is 1. The molecular formula is C20H25NO4. The maximum Gasteiger partial charge on any atom is 0.348 e. The van der Waals surface area contributed by atoms with Crippen LogP contribution in [0.1, 0.15) is 44.1 Å². The van der Waals surface area contributed by atoms with E-state index in [-0.39, 0.29) is 11.8 Å². The van der Waals surface area contributed by atoms with Gasteiger partial charge in [0.1, 0.15) is 5.75 Å². The molecule has 1 atom stereocenters. The average molecular weight is 343 g/mol. The molecule has 2 saturated carbocycles. The van der Waals surface area contributed by atoms with Gasteiger partial charge in [-0.15, -0.1) is 0 Å². The minimum absolute atomic E-state index is 0.191. The first-order valence-electron chi connectivity index (χ1n) is 9.22. The number of carboxylic acids is 1. The van der Waals surface area contributed by atoms with E-state index in [0.717, 1.165) is 12.0 Å². The first-order chi connectivity index (χ1) is 11.9. The van der Waals surface area contributed by atoms with E-state index in [0.29, 0.717) is 37.1 Å². The molecular weight excluding hydrogens is 318 g/mol. The highest BCUT2D eigenvalue weighted by Gasteiger charge is 2.62. The Morgan fingerprint density at radius 2 is 1.92 bits per heavy atom. The molecule has 5 nitrogen and oxygen atoms in total. The highest BCUT2D eigenvalue weighted by atomic mass is 16.5. The number of nitrogens with zero attached hydrogens (tertiary/aromatic N) is 1. The number of hydrogen-bond donors (Lipinski definition) is 1. The number of rotatable bonds is 4. The number of aliphatic carboxylic acids is 1. The van der Waals surface area contributed by atoms with Crippen LogP contribution in [0.3, 0.4) is 0 Å². The summed E-state index contributed by atoms with van der Waals surface area (Å²) in [5.41, 5.74) is 0.115. The Bertz CT molecular complexity index is 701. The summed E-state index contributed by atoms with van der Waals surface area (Å²) in [6, 6.07) is 7.46. The van der Waals surface area contributed by atoms with Gasteiger partial charge in [-0.25, -0.2) is 4.79 Å². The molecule has 0 bridgehead atoms. The second kappa shape index (κ2) is 5.75. The molecule has 1 aromatic rings. The third kappa shape index (κ3) is 2.79. The summed E-state index contributed by atoms with van der Waals surface area (Å²) in [5, 5.41) is 9.77. The zero-order valence-electron chi connectivity index (χ0n) is 14.7. The van der Waals surface area contributed by atoms with Crippen molar-refractivity contribution in [2.24, 2.45) is 11.3 Å². The van der Waals surface area contributed by atoms with Gasteiger partial charge < -0.3 is 14.7 Å². The Morgan fingerprint density at radius 3 is 2.44 bits per heavy atom. The number of aryl methyl sites for hydroxylation is 1. The van der Waals surface area contributed by atoms with Crippen LogP contribution in [0.25, 0.3) is 0 Å². The standard InChI is InChI=1S/C20H25NO4/c1-14-4-2-5-15(12-14)25-20(18(23)24)8-10-21(11-9-20)17(22)16-13-19(16)6-3-7-19/h2,4-5,12,16H,3,6-11,13H2,1H3,(H,23,24). The molecule has 1 saturated heterocycles. The molecule has 1 aliphatic heterocycles. The summed E-state index contributed by atoms with van der Waals surface area (Å²) in [4.78, 5) is 26.5. The number of amides is 1. The van der Waals surface area contributed by atoms with Crippen molar-refractivity contribution in [3.8, 4) is 5.75 Å². The molecule has 4 rings (SSSR count). The Labute approximate surface area is 148 Å². The lowest BCUT2D eigenvalue weighted by molar-refractivity contribution is -0.162. The van der Waals surface area contributed by atoms with Crippen LogP contribution >= 0.6 is 0 Å². The zero-order chi connectivity index (χ0) is 17.7. The lowest BCUT2D eigenvalue weighted by Crippen LogP contribution is -2.54. The maximum absolute atomic E-state index is 12.7. The molecule has 2 aliphatic carbocycles. The first kappa shape index (κ1) is 16.4. The summed E-state index contributed by atoms with van der Waals surface area (Å²) in [6.07, 6.45) is 5.32. The van der Waals surface area contributed by atoms with Crippen LogP contribution in [0.4, 0.5) is 0 Å². The van der Waals surface area contributed by atoms with Crippen LogP contribution in [0.15, 0.2) is 24.3 Å². The van der Waals surface area contributed by atoms with E-state index in [4.69, 9.17) is 4.74 Å². The zero-order valence-corrected chi connectivity index (χ0v) is 14.7. The van der Waals surface area contributed by atoms with Crippen LogP contribution in [-0.4, -0.2) is 40.6 Å². The van der Waals surface area contributed by atoms with Crippen molar-refractivity contribution in [3.05, 3.63) is 29.8 Å². The smallest absolute Gasteiger partial charge is 0.348 e. The van der Waals surface area contributed by atoms with Gasteiger partial charge in [-0.2, -0.15) is 0 Å². The SMILES string of the molecule is Cc1cccc(OC2(C(=O)O)CCN(C(=O)C3CC34CCC4)CC2)c1. The van der Waals surface area contributed by atoms with Crippen LogP contribution in [-0.2, 0) is 9.59 Å². The molecule has 1 N–H and O–H groups in total. The van der Waals surface area contributed by atoms with Crippen molar-refractivity contribution in [1.29, 1.82) is 0 Å². The van der Waals surface area contributed by atoms with E-state index >= 15 is 0 Å². The molecule has 134 valence electrons. The van der Waals surface area contributed by atoms with Crippen LogP contribution in [0, 0.1) is 18.3 Å². The van der Waals surface area contributed by atoms with Gasteiger partial charge in [0.2, 0.25) is 11.5 Å². The van der Waals surface area contributed by atoms with Crippen molar-refractivity contribution in [1.82, 2.24) is 4.90 Å². The summed E-state index contributed by atoms with van der Waals surface area (Å²) in [7, 11) is 0. The van der Waals surface area contributed by atoms with Gasteiger partial charge in [0.05, 0.1) is 0 Å². The molecule has 1 unspecified atom stereocenters. The lowest BCUT2D eigenvalue weighted by Gasteiger charge is -2.39. The fourth-order valence-electron chi connectivity index (χ4n) is 4.45. The average Bonchev–Trinajstić information content (AvgIpc) is 3.31. The number of hydrogen-bond acceptors (Lipinski definition) is 3. The fraction of sp³-hybridized carbons (Fsp3) is 0.600. The number of piperidine rings is 1. The molecule has 1 heterocycles. The van der Waals surface area contributed by atoms with Crippen molar-refractivity contribution >= 4 is 11.9 Å². The quantitative estimate of drug-likeness (QED) is 0.912. The highest BCUT2D eigenvalue weighted by molar-refractivity contribution is 5.84. The third-order valence-corrected chi connectivity index (χ3v) is 6.41. The predicted molar refractivity (Wildman–Crippen MR) is 92.4 cm³/mol. The van der Waals surface area contributed by atoms with Crippen LogP contribution < -0.4 is 4.74 Å². The molecule has 3 aliphatic rings. The number of carbonyl (C=O) groups excluding carboxylic acids is 1. The molecule has 0 aromatic heterocycles. The Kier molecular flexibility index (Phi) is 3.78. The van der Waals surface area contributed by atoms with Gasteiger partial charge in [-0.3, -0.25) is 4.79 Å².